The topological polar surface area (TPSA) is 75.7 Å². The number of rotatable bonds is 10. The number of aryl methyl sites for hydroxylation is 3. The van der Waals surface area contributed by atoms with Crippen LogP contribution in [-0.2, 0) is 21.2 Å². The van der Waals surface area contributed by atoms with Crippen LogP contribution in [0.2, 0.25) is 0 Å². The molecule has 0 spiro atoms. The monoisotopic (exact) mass is 528 g/mol. The van der Waals surface area contributed by atoms with Crippen molar-refractivity contribution in [2.45, 2.75) is 32.1 Å². The number of ether oxygens (including phenoxy) is 1. The first-order valence-corrected chi connectivity index (χ1v) is 13.9. The van der Waals surface area contributed by atoms with Gasteiger partial charge in [0.05, 0.1) is 11.4 Å². The highest BCUT2D eigenvalue weighted by atomic mass is 32.2. The Morgan fingerprint density at radius 2 is 1.34 bits per heavy atom. The van der Waals surface area contributed by atoms with Crippen molar-refractivity contribution in [2.75, 3.05) is 18.4 Å². The molecule has 0 aromatic heterocycles. The predicted molar refractivity (Wildman–Crippen MR) is 151 cm³/mol. The molecule has 0 aliphatic heterocycles. The van der Waals surface area contributed by atoms with E-state index >= 15 is 0 Å². The largest absolute Gasteiger partial charge is 0.457 e. The van der Waals surface area contributed by atoms with Crippen LogP contribution in [0.25, 0.3) is 0 Å². The van der Waals surface area contributed by atoms with E-state index in [1.54, 1.807) is 38.1 Å². The first-order chi connectivity index (χ1) is 18.2. The van der Waals surface area contributed by atoms with Crippen molar-refractivity contribution < 1.29 is 17.9 Å². The minimum absolute atomic E-state index is 0.177. The smallest absolute Gasteiger partial charge is 0.244 e. The molecule has 0 aliphatic carbocycles. The van der Waals surface area contributed by atoms with E-state index in [2.05, 4.69) is 5.32 Å². The highest BCUT2D eigenvalue weighted by Gasteiger charge is 2.29. The van der Waals surface area contributed by atoms with Crippen molar-refractivity contribution in [3.8, 4) is 11.5 Å². The summed E-state index contributed by atoms with van der Waals surface area (Å²) in [6.07, 6.45) is 0.489. The van der Waals surface area contributed by atoms with Crippen LogP contribution in [-0.4, -0.2) is 31.7 Å². The van der Waals surface area contributed by atoms with Crippen molar-refractivity contribution in [1.82, 2.24) is 4.31 Å². The van der Waals surface area contributed by atoms with Gasteiger partial charge >= 0.3 is 0 Å². The number of nitrogens with zero attached hydrogens (tertiary/aromatic N) is 1. The van der Waals surface area contributed by atoms with Crippen LogP contribution in [0.1, 0.15) is 22.3 Å². The Labute approximate surface area is 225 Å². The van der Waals surface area contributed by atoms with Gasteiger partial charge in [-0.1, -0.05) is 66.2 Å². The van der Waals surface area contributed by atoms with Crippen molar-refractivity contribution in [3.63, 3.8) is 0 Å². The summed E-state index contributed by atoms with van der Waals surface area (Å²) in [4.78, 5) is 13.3. The Balaban J connectivity index is 1.51. The Morgan fingerprint density at radius 1 is 0.789 bits per heavy atom. The minimum atomic E-state index is -3.93. The van der Waals surface area contributed by atoms with Crippen LogP contribution >= 0.6 is 0 Å². The highest BCUT2D eigenvalue weighted by molar-refractivity contribution is 7.89. The molecule has 4 aromatic rings. The molecule has 38 heavy (non-hydrogen) atoms. The molecule has 0 radical (unpaired) electrons. The fourth-order valence-electron chi connectivity index (χ4n) is 4.48. The van der Waals surface area contributed by atoms with E-state index in [4.69, 9.17) is 4.74 Å². The second kappa shape index (κ2) is 12.1. The summed E-state index contributed by atoms with van der Waals surface area (Å²) >= 11 is 0. The fraction of sp³-hybridized carbons (Fsp3) is 0.194. The highest BCUT2D eigenvalue weighted by Crippen LogP contribution is 2.26. The zero-order valence-corrected chi connectivity index (χ0v) is 22.7. The molecule has 6 nitrogen and oxygen atoms in total. The lowest BCUT2D eigenvalue weighted by molar-refractivity contribution is -0.116. The van der Waals surface area contributed by atoms with Crippen LogP contribution in [0.15, 0.2) is 102 Å². The Bertz CT molecular complexity index is 1460. The van der Waals surface area contributed by atoms with Gasteiger partial charge in [0.25, 0.3) is 0 Å². The van der Waals surface area contributed by atoms with Gasteiger partial charge in [-0.3, -0.25) is 4.79 Å². The van der Waals surface area contributed by atoms with Gasteiger partial charge in [0.2, 0.25) is 15.9 Å². The number of carbonyl (C=O) groups is 1. The second-order valence-corrected chi connectivity index (χ2v) is 11.2. The molecule has 0 saturated heterocycles. The third kappa shape index (κ3) is 6.88. The molecule has 7 heteroatoms. The fourth-order valence-corrected chi connectivity index (χ4v) is 6.29. The molecule has 0 bridgehead atoms. The third-order valence-corrected chi connectivity index (χ3v) is 8.28. The zero-order chi connectivity index (χ0) is 27.1. The lowest BCUT2D eigenvalue weighted by Gasteiger charge is -2.24. The Morgan fingerprint density at radius 3 is 1.95 bits per heavy atom. The summed E-state index contributed by atoms with van der Waals surface area (Å²) in [6, 6.07) is 29.7. The molecule has 0 aliphatic rings. The second-order valence-electron chi connectivity index (χ2n) is 9.29. The summed E-state index contributed by atoms with van der Waals surface area (Å²) in [6.45, 7) is 5.40. The molecule has 0 fully saturated rings. The molecule has 0 heterocycles. The molecule has 1 amide bonds. The maximum Gasteiger partial charge on any atom is 0.244 e. The van der Waals surface area contributed by atoms with E-state index in [9.17, 15) is 13.2 Å². The Hall–Kier alpha value is -3.94. The van der Waals surface area contributed by atoms with Crippen LogP contribution in [0, 0.1) is 20.8 Å². The van der Waals surface area contributed by atoms with Gasteiger partial charge in [-0.25, -0.2) is 8.42 Å². The van der Waals surface area contributed by atoms with Gasteiger partial charge in [-0.2, -0.15) is 4.31 Å². The number of anilines is 1. The zero-order valence-electron chi connectivity index (χ0n) is 21.8. The lowest BCUT2D eigenvalue weighted by Crippen LogP contribution is -2.39. The standard InChI is InChI=1S/C31H32N2O4S/c1-23-20-24(2)31(25(3)21-23)38(35,36)33(19-18-26-10-6-4-7-11-26)22-30(34)32-27-14-16-29(17-15-27)37-28-12-8-5-9-13-28/h4-17,20-21H,18-19,22H2,1-3H3,(H,32,34). The number of hydrogen-bond donors (Lipinski definition) is 1. The molecule has 1 N–H and O–H groups in total. The van der Waals surface area contributed by atoms with Gasteiger partial charge in [0.1, 0.15) is 11.5 Å². The molecule has 0 atom stereocenters. The maximum absolute atomic E-state index is 13.8. The SMILES string of the molecule is Cc1cc(C)c(S(=O)(=O)N(CCc2ccccc2)CC(=O)Nc2ccc(Oc3ccccc3)cc2)c(C)c1. The van der Waals surface area contributed by atoms with E-state index in [0.29, 0.717) is 34.7 Å². The molecular formula is C31H32N2O4S. The van der Waals surface area contributed by atoms with Crippen LogP contribution in [0.3, 0.4) is 0 Å². The van der Waals surface area contributed by atoms with Crippen molar-refractivity contribution in [1.29, 1.82) is 0 Å². The summed E-state index contributed by atoms with van der Waals surface area (Å²) < 4.78 is 34.8. The summed E-state index contributed by atoms with van der Waals surface area (Å²) in [5.74, 6) is 0.928. The van der Waals surface area contributed by atoms with Crippen molar-refractivity contribution in [2.24, 2.45) is 0 Å². The van der Waals surface area contributed by atoms with Gasteiger partial charge < -0.3 is 10.1 Å². The predicted octanol–water partition coefficient (Wildman–Crippen LogP) is 6.28. The van der Waals surface area contributed by atoms with Crippen LogP contribution in [0.5, 0.6) is 11.5 Å². The number of carbonyl (C=O) groups excluding carboxylic acids is 1. The third-order valence-electron chi connectivity index (χ3n) is 6.13. The van der Waals surface area contributed by atoms with Crippen LogP contribution in [0.4, 0.5) is 5.69 Å². The van der Waals surface area contributed by atoms with Gasteiger partial charge in [0.15, 0.2) is 0 Å². The number of amides is 1. The molecule has 4 aromatic carbocycles. The summed E-state index contributed by atoms with van der Waals surface area (Å²) in [7, 11) is -3.93. The van der Waals surface area contributed by atoms with Crippen molar-refractivity contribution >= 4 is 21.6 Å². The molecule has 4 rings (SSSR count). The summed E-state index contributed by atoms with van der Waals surface area (Å²) in [5, 5.41) is 2.82. The van der Waals surface area contributed by atoms with E-state index in [1.807, 2.05) is 79.7 Å². The minimum Gasteiger partial charge on any atom is -0.457 e. The quantitative estimate of drug-likeness (QED) is 0.263. The first kappa shape index (κ1) is 27.1. The number of hydrogen-bond acceptors (Lipinski definition) is 4. The van der Waals surface area contributed by atoms with E-state index in [0.717, 1.165) is 11.1 Å². The normalized spacial score (nSPS) is 11.4. The van der Waals surface area contributed by atoms with Gasteiger partial charge in [-0.15, -0.1) is 0 Å². The van der Waals surface area contributed by atoms with Crippen LogP contribution < -0.4 is 10.1 Å². The lowest BCUT2D eigenvalue weighted by atomic mass is 10.1. The molecular weight excluding hydrogens is 496 g/mol. The molecule has 0 saturated carbocycles. The van der Waals surface area contributed by atoms with E-state index in [-0.39, 0.29) is 18.0 Å². The number of para-hydroxylation sites is 1. The van der Waals surface area contributed by atoms with Gasteiger partial charge in [-0.05, 0) is 80.3 Å². The van der Waals surface area contributed by atoms with Gasteiger partial charge in [0, 0.05) is 12.2 Å². The van der Waals surface area contributed by atoms with E-state index in [1.165, 1.54) is 4.31 Å². The van der Waals surface area contributed by atoms with E-state index < -0.39 is 15.9 Å². The first-order valence-electron chi connectivity index (χ1n) is 12.5. The number of nitrogens with one attached hydrogen (secondary N) is 1. The molecule has 0 unspecified atom stereocenters. The van der Waals surface area contributed by atoms with Crippen molar-refractivity contribution in [3.05, 3.63) is 119 Å². The summed E-state index contributed by atoms with van der Waals surface area (Å²) in [5.41, 5.74) is 3.88. The maximum atomic E-state index is 13.8. The number of benzene rings is 4. The molecule has 196 valence electrons. The number of sulfonamides is 1. The average Bonchev–Trinajstić information content (AvgIpc) is 2.88. The average molecular weight is 529 g/mol. The Kier molecular flexibility index (Phi) is 8.61.